The van der Waals surface area contributed by atoms with Crippen molar-refractivity contribution in [3.8, 4) is 5.75 Å². The second kappa shape index (κ2) is 10.2. The van der Waals surface area contributed by atoms with Crippen LogP contribution in [0.5, 0.6) is 5.75 Å². The van der Waals surface area contributed by atoms with Gasteiger partial charge in [-0.1, -0.05) is 29.3 Å². The Morgan fingerprint density at radius 3 is 2.30 bits per heavy atom. The number of hydrogen-bond acceptors (Lipinski definition) is 5. The molecular weight excluding hydrogens is 534 g/mol. The predicted molar refractivity (Wildman–Crippen MR) is 133 cm³/mol. The molecule has 3 amide bonds. The van der Waals surface area contributed by atoms with E-state index in [-0.39, 0.29) is 38.4 Å². The fourth-order valence-corrected chi connectivity index (χ4v) is 3.83. The van der Waals surface area contributed by atoms with E-state index in [1.807, 2.05) is 0 Å². The molecular formula is C25H16Cl2F3N3O4. The van der Waals surface area contributed by atoms with Crippen LogP contribution in [-0.4, -0.2) is 24.8 Å². The normalized spacial score (nSPS) is 13.7. The van der Waals surface area contributed by atoms with Gasteiger partial charge < -0.3 is 15.4 Å². The molecule has 4 rings (SSSR count). The van der Waals surface area contributed by atoms with Crippen LogP contribution in [0.2, 0.25) is 5.02 Å². The number of amides is 3. The van der Waals surface area contributed by atoms with E-state index in [0.29, 0.717) is 5.75 Å². The molecule has 0 bridgehead atoms. The number of rotatable bonds is 6. The third-order valence-electron chi connectivity index (χ3n) is 5.29. The number of halogens is 5. The first kappa shape index (κ1) is 26.1. The maximum atomic E-state index is 13.0. The molecule has 2 N–H and O–H groups in total. The zero-order valence-corrected chi connectivity index (χ0v) is 20.3. The van der Waals surface area contributed by atoms with Gasteiger partial charge in [-0.15, -0.1) is 0 Å². The van der Waals surface area contributed by atoms with Crippen LogP contribution in [0.4, 0.5) is 30.2 Å². The number of nitrogens with zero attached hydrogens (tertiary/aromatic N) is 1. The summed E-state index contributed by atoms with van der Waals surface area (Å²) in [6.45, 7) is 0. The van der Waals surface area contributed by atoms with Gasteiger partial charge in [-0.2, -0.15) is 13.2 Å². The minimum Gasteiger partial charge on any atom is -0.497 e. The molecule has 1 heterocycles. The van der Waals surface area contributed by atoms with E-state index in [1.165, 1.54) is 43.5 Å². The maximum Gasteiger partial charge on any atom is 0.416 e. The van der Waals surface area contributed by atoms with Crippen molar-refractivity contribution in [3.05, 3.63) is 93.6 Å². The Morgan fingerprint density at radius 1 is 0.946 bits per heavy atom. The Bertz CT molecular complexity index is 1440. The van der Waals surface area contributed by atoms with Gasteiger partial charge in [0, 0.05) is 11.3 Å². The van der Waals surface area contributed by atoms with Gasteiger partial charge in [-0.05, 0) is 60.7 Å². The van der Waals surface area contributed by atoms with Gasteiger partial charge in [0.2, 0.25) is 0 Å². The van der Waals surface area contributed by atoms with Crippen LogP contribution in [0.3, 0.4) is 0 Å². The fraction of sp³-hybridized carbons (Fsp3) is 0.0800. The lowest BCUT2D eigenvalue weighted by Crippen LogP contribution is -2.32. The van der Waals surface area contributed by atoms with E-state index in [2.05, 4.69) is 10.6 Å². The van der Waals surface area contributed by atoms with Crippen molar-refractivity contribution in [1.29, 1.82) is 0 Å². The largest absolute Gasteiger partial charge is 0.497 e. The van der Waals surface area contributed by atoms with Gasteiger partial charge in [0.05, 0.1) is 29.1 Å². The number of alkyl halides is 3. The minimum atomic E-state index is -4.62. The molecule has 3 aromatic rings. The van der Waals surface area contributed by atoms with Gasteiger partial charge in [0.15, 0.2) is 0 Å². The lowest BCUT2D eigenvalue weighted by atomic mass is 10.1. The lowest BCUT2D eigenvalue weighted by molar-refractivity contribution is -0.137. The number of nitrogens with one attached hydrogen (secondary N) is 2. The molecule has 0 unspecified atom stereocenters. The van der Waals surface area contributed by atoms with Crippen molar-refractivity contribution in [2.45, 2.75) is 6.18 Å². The average molecular weight is 550 g/mol. The fourth-order valence-electron chi connectivity index (χ4n) is 3.45. The first-order valence-corrected chi connectivity index (χ1v) is 11.2. The summed E-state index contributed by atoms with van der Waals surface area (Å²) in [4.78, 5) is 39.3. The van der Waals surface area contributed by atoms with Crippen molar-refractivity contribution < 1.29 is 32.3 Å². The number of carbonyl (C=O) groups is 3. The molecule has 0 spiro atoms. The number of ether oxygens (including phenoxy) is 1. The number of anilines is 3. The summed E-state index contributed by atoms with van der Waals surface area (Å²) in [5.41, 5.74) is -0.863. The Morgan fingerprint density at radius 2 is 1.65 bits per heavy atom. The second-order valence-corrected chi connectivity index (χ2v) is 8.47. The molecule has 0 radical (unpaired) electrons. The van der Waals surface area contributed by atoms with E-state index in [4.69, 9.17) is 27.9 Å². The Labute approximate surface area is 218 Å². The van der Waals surface area contributed by atoms with Gasteiger partial charge in [0.25, 0.3) is 17.7 Å². The van der Waals surface area contributed by atoms with Crippen molar-refractivity contribution in [2.75, 3.05) is 22.6 Å². The molecule has 0 fully saturated rings. The summed E-state index contributed by atoms with van der Waals surface area (Å²) in [7, 11) is 1.48. The first-order chi connectivity index (χ1) is 17.5. The standard InChI is InChI=1S/C25H16Cl2F3N3O4/c1-37-17-8-6-16(7-9-17)33-23(35)20(27)21(24(33)36)31-15-4-2-3-13(11-15)22(34)32-19-12-14(25(28,29)30)5-10-18(19)26/h2-12,31H,1H3,(H,32,34). The number of imide groups is 1. The van der Waals surface area contributed by atoms with E-state index < -0.39 is 29.5 Å². The van der Waals surface area contributed by atoms with Crippen LogP contribution < -0.4 is 20.3 Å². The molecule has 1 aliphatic rings. The highest BCUT2D eigenvalue weighted by Crippen LogP contribution is 2.34. The molecule has 1 aliphatic heterocycles. The molecule has 0 saturated carbocycles. The molecule has 0 atom stereocenters. The molecule has 0 aliphatic carbocycles. The highest BCUT2D eigenvalue weighted by atomic mass is 35.5. The topological polar surface area (TPSA) is 87.7 Å². The van der Waals surface area contributed by atoms with Crippen LogP contribution in [0, 0.1) is 0 Å². The van der Waals surface area contributed by atoms with Crippen LogP contribution >= 0.6 is 23.2 Å². The highest BCUT2D eigenvalue weighted by molar-refractivity contribution is 6.53. The summed E-state index contributed by atoms with van der Waals surface area (Å²) in [6, 6.07) is 14.5. The average Bonchev–Trinajstić information content (AvgIpc) is 3.08. The van der Waals surface area contributed by atoms with Crippen molar-refractivity contribution in [3.63, 3.8) is 0 Å². The first-order valence-electron chi connectivity index (χ1n) is 10.5. The van der Waals surface area contributed by atoms with Crippen LogP contribution in [0.25, 0.3) is 0 Å². The van der Waals surface area contributed by atoms with Crippen LogP contribution in [0.1, 0.15) is 15.9 Å². The highest BCUT2D eigenvalue weighted by Gasteiger charge is 2.39. The minimum absolute atomic E-state index is 0.0407. The number of hydrogen-bond donors (Lipinski definition) is 2. The van der Waals surface area contributed by atoms with E-state index in [1.54, 1.807) is 12.1 Å². The zero-order chi connectivity index (χ0) is 26.9. The molecule has 7 nitrogen and oxygen atoms in total. The number of methoxy groups -OCH3 is 1. The summed E-state index contributed by atoms with van der Waals surface area (Å²) in [5.74, 6) is -1.68. The summed E-state index contributed by atoms with van der Waals surface area (Å²) < 4.78 is 44.2. The SMILES string of the molecule is COc1ccc(N2C(=O)C(Cl)=C(Nc3cccc(C(=O)Nc4cc(C(F)(F)F)ccc4Cl)c3)C2=O)cc1. The predicted octanol–water partition coefficient (Wildman–Crippen LogP) is 6.06. The Hall–Kier alpha value is -4.02. The summed E-state index contributed by atoms with van der Waals surface area (Å²) in [5, 5.41) is 4.66. The van der Waals surface area contributed by atoms with Crippen molar-refractivity contribution in [2.24, 2.45) is 0 Å². The number of benzene rings is 3. The molecule has 37 heavy (non-hydrogen) atoms. The molecule has 12 heteroatoms. The van der Waals surface area contributed by atoms with Crippen LogP contribution in [0.15, 0.2) is 77.5 Å². The number of carbonyl (C=O) groups excluding carboxylic acids is 3. The summed E-state index contributed by atoms with van der Waals surface area (Å²) >= 11 is 12.1. The third kappa shape index (κ3) is 5.40. The van der Waals surface area contributed by atoms with E-state index >= 15 is 0 Å². The third-order valence-corrected chi connectivity index (χ3v) is 5.97. The molecule has 3 aromatic carbocycles. The zero-order valence-electron chi connectivity index (χ0n) is 18.8. The van der Waals surface area contributed by atoms with Gasteiger partial charge in [0.1, 0.15) is 16.5 Å². The monoisotopic (exact) mass is 549 g/mol. The van der Waals surface area contributed by atoms with Crippen molar-refractivity contribution >= 4 is 58.0 Å². The Kier molecular flexibility index (Phi) is 7.15. The Balaban J connectivity index is 1.54. The van der Waals surface area contributed by atoms with Crippen molar-refractivity contribution in [1.82, 2.24) is 0 Å². The van der Waals surface area contributed by atoms with Crippen LogP contribution in [-0.2, 0) is 15.8 Å². The smallest absolute Gasteiger partial charge is 0.416 e. The van der Waals surface area contributed by atoms with Gasteiger partial charge in [-0.25, -0.2) is 4.90 Å². The maximum absolute atomic E-state index is 13.0. The quantitative estimate of drug-likeness (QED) is 0.365. The second-order valence-electron chi connectivity index (χ2n) is 7.69. The van der Waals surface area contributed by atoms with E-state index in [0.717, 1.165) is 23.1 Å². The lowest BCUT2D eigenvalue weighted by Gasteiger charge is -2.15. The molecule has 0 aromatic heterocycles. The molecule has 0 saturated heterocycles. The molecule has 190 valence electrons. The van der Waals surface area contributed by atoms with Gasteiger partial charge in [-0.3, -0.25) is 14.4 Å². The summed E-state index contributed by atoms with van der Waals surface area (Å²) in [6.07, 6.45) is -4.62. The van der Waals surface area contributed by atoms with Gasteiger partial charge >= 0.3 is 6.18 Å². The van der Waals surface area contributed by atoms with E-state index in [9.17, 15) is 27.6 Å².